The maximum absolute atomic E-state index is 14.3. The minimum absolute atomic E-state index is 0.146. The summed E-state index contributed by atoms with van der Waals surface area (Å²) in [6.45, 7) is 11.4. The highest BCUT2D eigenvalue weighted by atomic mass is 35.5. The van der Waals surface area contributed by atoms with Gasteiger partial charge in [0.2, 0.25) is 5.82 Å². The van der Waals surface area contributed by atoms with Crippen molar-refractivity contribution in [3.05, 3.63) is 292 Å². The first-order valence-corrected chi connectivity index (χ1v) is 37.7. The van der Waals surface area contributed by atoms with Crippen LogP contribution in [0.15, 0.2) is 170 Å². The molecule has 0 N–H and O–H groups in total. The van der Waals surface area contributed by atoms with Gasteiger partial charge in [0.05, 0.1) is 17.2 Å². The zero-order chi connectivity index (χ0) is 79.4. The van der Waals surface area contributed by atoms with Crippen LogP contribution in [0.3, 0.4) is 0 Å². The van der Waals surface area contributed by atoms with Crippen LogP contribution in [0, 0.1) is 60.1 Å². The third-order valence-electron chi connectivity index (χ3n) is 21.7. The number of piperidine rings is 3. The number of fused-ring (bicyclic) bond motifs is 6. The second kappa shape index (κ2) is 33.8. The largest absolute Gasteiger partial charge is 0.573 e. The molecule has 0 unspecified atom stereocenters. The number of aromatic nitrogens is 3. The van der Waals surface area contributed by atoms with Crippen LogP contribution < -0.4 is 19.4 Å². The van der Waals surface area contributed by atoms with Crippen LogP contribution in [0.2, 0.25) is 20.5 Å². The van der Waals surface area contributed by atoms with Crippen LogP contribution in [-0.2, 0) is 16.2 Å². The quantitative estimate of drug-likeness (QED) is 0.0471. The number of aryl methyl sites for hydroxylation is 2. The Morgan fingerprint density at radius 1 is 0.482 bits per heavy atom. The summed E-state index contributed by atoms with van der Waals surface area (Å²) in [5.41, 5.74) is 8.65. The topological polar surface area (TPSA) is 142 Å². The Hall–Kier alpha value is -9.90. The lowest BCUT2D eigenvalue weighted by molar-refractivity contribution is -0.274. The van der Waals surface area contributed by atoms with Crippen LogP contribution in [0.4, 0.5) is 56.6 Å². The highest BCUT2D eigenvalue weighted by Crippen LogP contribution is 2.52. The molecule has 6 aliphatic heterocycles. The van der Waals surface area contributed by atoms with Gasteiger partial charge in [0.25, 0.3) is 17.7 Å². The van der Waals surface area contributed by atoms with E-state index in [2.05, 4.69) is 91.1 Å². The van der Waals surface area contributed by atoms with Gasteiger partial charge in [0.1, 0.15) is 27.0 Å². The Morgan fingerprint density at radius 3 is 1.35 bits per heavy atom. The third kappa shape index (κ3) is 17.8. The smallest absolute Gasteiger partial charge is 0.406 e. The molecule has 27 heteroatoms. The number of nitrogens with zero attached hydrogens (tertiary/aromatic N) is 10. The van der Waals surface area contributed by atoms with Crippen molar-refractivity contribution in [3.63, 3.8) is 0 Å². The number of alkyl halides is 3. The van der Waals surface area contributed by atoms with E-state index in [0.717, 1.165) is 91.8 Å². The highest BCUT2D eigenvalue weighted by Gasteiger charge is 2.50. The molecule has 14 nitrogen and oxygen atoms in total. The number of hydrogen-bond donors (Lipinski definition) is 0. The second-order valence-electron chi connectivity index (χ2n) is 28.9. The number of rotatable bonds is 13. The number of likely N-dealkylation sites (tertiary alicyclic amines) is 3. The maximum atomic E-state index is 14.3. The fourth-order valence-corrected chi connectivity index (χ4v) is 16.6. The number of benzene rings is 6. The summed E-state index contributed by atoms with van der Waals surface area (Å²) in [6.07, 6.45) is 13.3. The summed E-state index contributed by atoms with van der Waals surface area (Å²) in [7, 11) is 0. The first kappa shape index (κ1) is 80.2. The predicted octanol–water partition coefficient (Wildman–Crippen LogP) is 19.2. The van der Waals surface area contributed by atoms with E-state index in [-0.39, 0.29) is 62.1 Å². The number of nitriles is 1. The van der Waals surface area contributed by atoms with Crippen molar-refractivity contribution in [3.8, 4) is 11.8 Å². The van der Waals surface area contributed by atoms with Crippen LogP contribution >= 0.6 is 46.4 Å². The summed E-state index contributed by atoms with van der Waals surface area (Å²) in [6, 6.07) is 41.9. The van der Waals surface area contributed by atoms with Crippen molar-refractivity contribution in [2.75, 3.05) is 93.2 Å². The van der Waals surface area contributed by atoms with Gasteiger partial charge in [-0.25, -0.2) is 41.3 Å². The Balaban J connectivity index is 0.000000147. The molecule has 0 radical (unpaired) electrons. The first-order valence-electron chi connectivity index (χ1n) is 36.2. The van der Waals surface area contributed by atoms with Crippen molar-refractivity contribution in [1.82, 2.24) is 29.7 Å². The van der Waals surface area contributed by atoms with Crippen molar-refractivity contribution < 1.29 is 58.6 Å². The lowest BCUT2D eigenvalue weighted by Crippen LogP contribution is -2.46. The fraction of sp³-hybridized carbons (Fsp3) is 0.282. The standard InChI is InChI=1S/C29H27ClF3N3O2.C28H22Cl2F5N3O.C28H24ClFN4O/c1-20-4-6-21(7-5-20)3-2-14-35-15-11-28(12-16-35)19-36(27(37)22-10-13-34-26(30)17-22)25-9-8-23(18-24(25)28)38-29(31,32)33;1-15-11-16(12-21(30)36-15)27(39)38-14-28(19-13-17(29)4-5-20(19)38)6-9-37(10-7-28)8-2-3-18-22(31)24(33)26(35)25(34)23(18)32;29-26-16-22(9-12-32-26)27(35)34-19-28(24-17-23(30)7-8-25(24)34)10-14-33(15-11-28)13-1-2-20-3-5-21(18-31)6-4-20/h2-10,13,17-18H,11-12,14-16,19H2,1H3;2-5,11-13H,6-10,14H2,1H3;1-9,12,16-17H,10-11,13-15,19H2/b2*3-2+;2-1+. The minimum Gasteiger partial charge on any atom is -0.406 e. The summed E-state index contributed by atoms with van der Waals surface area (Å²) in [5, 5.41) is 10.2. The maximum Gasteiger partial charge on any atom is 0.573 e. The van der Waals surface area contributed by atoms with Crippen LogP contribution in [-0.4, -0.2) is 132 Å². The lowest BCUT2D eigenvalue weighted by Gasteiger charge is -2.39. The second-order valence-corrected chi connectivity index (χ2v) is 30.5. The van der Waals surface area contributed by atoms with Crippen molar-refractivity contribution in [2.24, 2.45) is 0 Å². The van der Waals surface area contributed by atoms with E-state index in [1.54, 1.807) is 70.2 Å². The average molecular weight is 1610 g/mol. The molecule has 3 fully saturated rings. The van der Waals surface area contributed by atoms with Crippen LogP contribution in [0.1, 0.15) is 120 Å². The number of anilines is 3. The Morgan fingerprint density at radius 2 is 0.893 bits per heavy atom. The van der Waals surface area contributed by atoms with E-state index in [0.29, 0.717) is 103 Å². The molecule has 6 aromatic carbocycles. The number of pyridine rings is 3. The van der Waals surface area contributed by atoms with E-state index < -0.39 is 46.4 Å². The van der Waals surface area contributed by atoms with Crippen molar-refractivity contribution >= 4 is 99.4 Å². The third-order valence-corrected chi connectivity index (χ3v) is 22.6. The molecule has 578 valence electrons. The average Bonchev–Trinajstić information content (AvgIpc) is 1.62. The Bertz CT molecular complexity index is 5140. The zero-order valence-corrected chi connectivity index (χ0v) is 63.7. The summed E-state index contributed by atoms with van der Waals surface area (Å²) >= 11 is 24.5. The number of hydrogen-bond acceptors (Lipinski definition) is 11. The number of carbonyl (C=O) groups is 3. The van der Waals surface area contributed by atoms with Gasteiger partial charge >= 0.3 is 6.36 Å². The molecule has 6 aliphatic rings. The van der Waals surface area contributed by atoms with Gasteiger partial charge in [-0.2, -0.15) is 5.26 Å². The van der Waals surface area contributed by atoms with Gasteiger partial charge in [0, 0.05) is 112 Å². The monoisotopic (exact) mass is 1610 g/mol. The molecular weight excluding hydrogens is 1540 g/mol. The van der Waals surface area contributed by atoms with Gasteiger partial charge in [-0.15, -0.1) is 13.2 Å². The SMILES string of the molecule is Cc1cc(C(=O)N2CC3(CCN(C/C=C/c4c(F)c(F)c(F)c(F)c4F)CC3)c3cc(Cl)ccc32)cc(Cl)n1.Cc1ccc(/C=C/CN2CCC3(CC2)CN(C(=O)c2ccnc(Cl)c2)c2ccc(OC(F)(F)F)cc23)cc1.N#Cc1ccc(/C=C/CN2CCC3(CC2)CN(C(=O)c2ccnc(Cl)c2)c2ccc(F)cc23)cc1. The Labute approximate surface area is 661 Å². The molecule has 15 rings (SSSR count). The van der Waals surface area contributed by atoms with E-state index in [1.165, 1.54) is 54.4 Å². The Kier molecular flexibility index (Phi) is 24.2. The molecule has 9 aromatic rings. The van der Waals surface area contributed by atoms with E-state index in [9.17, 15) is 53.9 Å². The molecule has 0 bridgehead atoms. The van der Waals surface area contributed by atoms with Gasteiger partial charge in [-0.1, -0.05) is 125 Å². The zero-order valence-electron chi connectivity index (χ0n) is 60.6. The van der Waals surface area contributed by atoms with Gasteiger partial charge in [0.15, 0.2) is 23.3 Å². The number of carbonyl (C=O) groups excluding carboxylic acids is 3. The molecular formula is C85H73Cl4F9N10O4. The molecule has 3 aromatic heterocycles. The molecule has 112 heavy (non-hydrogen) atoms. The highest BCUT2D eigenvalue weighted by molar-refractivity contribution is 6.31. The molecule has 3 spiro atoms. The fourth-order valence-electron chi connectivity index (χ4n) is 15.8. The van der Waals surface area contributed by atoms with E-state index >= 15 is 0 Å². The van der Waals surface area contributed by atoms with Gasteiger partial charge < -0.3 is 19.4 Å². The minimum atomic E-state index is -4.80. The molecule has 0 saturated carbocycles. The van der Waals surface area contributed by atoms with Gasteiger partial charge in [-0.05, 0) is 223 Å². The number of halogens is 13. The number of ether oxygens (including phenoxy) is 1. The summed E-state index contributed by atoms with van der Waals surface area (Å²) < 4.78 is 126. The van der Waals surface area contributed by atoms with Crippen LogP contribution in [0.25, 0.3) is 18.2 Å². The normalized spacial score (nSPS) is 17.0. The van der Waals surface area contributed by atoms with Crippen LogP contribution in [0.5, 0.6) is 5.75 Å². The van der Waals surface area contributed by atoms with E-state index in [4.69, 9.17) is 51.7 Å². The first-order chi connectivity index (χ1) is 53.6. The van der Waals surface area contributed by atoms with Crippen molar-refractivity contribution in [2.45, 2.75) is 75.0 Å². The predicted molar refractivity (Wildman–Crippen MR) is 416 cm³/mol. The lowest BCUT2D eigenvalue weighted by atomic mass is 9.74. The van der Waals surface area contributed by atoms with Gasteiger partial charge in [-0.3, -0.25) is 29.1 Å². The van der Waals surface area contributed by atoms with E-state index in [1.807, 2.05) is 41.3 Å². The molecule has 0 aliphatic carbocycles. The molecule has 0 atom stereocenters. The van der Waals surface area contributed by atoms with Crippen molar-refractivity contribution in [1.29, 1.82) is 5.26 Å². The summed E-state index contributed by atoms with van der Waals surface area (Å²) in [5.74, 6) is -11.0. The summed E-state index contributed by atoms with van der Waals surface area (Å²) in [4.78, 5) is 64.2. The molecule has 3 saturated heterocycles. The molecule has 3 amide bonds. The molecule has 9 heterocycles. The number of amides is 3.